The quantitative estimate of drug-likeness (QED) is 0.382. The third-order valence-corrected chi connectivity index (χ3v) is 2.80. The molecule has 0 bridgehead atoms. The van der Waals surface area contributed by atoms with E-state index in [0.717, 1.165) is 11.1 Å². The van der Waals surface area contributed by atoms with Crippen molar-refractivity contribution in [1.82, 2.24) is 15.0 Å². The molecule has 7 heteroatoms. The van der Waals surface area contributed by atoms with Crippen LogP contribution in [-0.4, -0.2) is 15.5 Å². The van der Waals surface area contributed by atoms with Crippen LogP contribution < -0.4 is 22.5 Å². The fourth-order valence-corrected chi connectivity index (χ4v) is 1.76. The predicted octanol–water partition coefficient (Wildman–Crippen LogP) is -0.883. The average Bonchev–Trinajstić information content (AvgIpc) is 2.44. The van der Waals surface area contributed by atoms with Crippen LogP contribution in [0.3, 0.4) is 0 Å². The molecule has 0 saturated heterocycles. The van der Waals surface area contributed by atoms with Crippen LogP contribution in [-0.2, 0) is 17.8 Å². The zero-order chi connectivity index (χ0) is 14.5. The molecule has 4 N–H and O–H groups in total. The number of amides is 1. The van der Waals surface area contributed by atoms with E-state index in [-0.39, 0.29) is 12.3 Å². The van der Waals surface area contributed by atoms with Crippen LogP contribution >= 0.6 is 0 Å². The lowest BCUT2D eigenvalue weighted by atomic mass is 10.1. The summed E-state index contributed by atoms with van der Waals surface area (Å²) in [4.78, 5) is 35.8. The first kappa shape index (κ1) is 13.8. The molecule has 0 aliphatic carbocycles. The highest BCUT2D eigenvalue weighted by atomic mass is 16.2. The minimum absolute atomic E-state index is 0.204. The van der Waals surface area contributed by atoms with Gasteiger partial charge in [0, 0.05) is 12.3 Å². The van der Waals surface area contributed by atoms with Gasteiger partial charge >= 0.3 is 5.69 Å². The van der Waals surface area contributed by atoms with E-state index < -0.39 is 11.2 Å². The number of carbonyl (C=O) groups is 1. The number of hydrazine groups is 1. The second kappa shape index (κ2) is 5.98. The van der Waals surface area contributed by atoms with E-state index in [4.69, 9.17) is 5.84 Å². The number of benzene rings is 1. The fraction of sp³-hybridized carbons (Fsp3) is 0.154. The van der Waals surface area contributed by atoms with E-state index in [2.05, 4.69) is 10.4 Å². The SMILES string of the molecule is NNC(=O)Cc1ccc(Cn2ccc(=O)[nH]c2=O)cc1. The Bertz CT molecular complexity index is 715. The summed E-state index contributed by atoms with van der Waals surface area (Å²) in [7, 11) is 0. The number of aromatic amines is 1. The van der Waals surface area contributed by atoms with Crippen LogP contribution in [0.4, 0.5) is 0 Å². The molecule has 0 unspecified atom stereocenters. The van der Waals surface area contributed by atoms with Gasteiger partial charge in [0.15, 0.2) is 0 Å². The lowest BCUT2D eigenvalue weighted by Gasteiger charge is -2.06. The standard InChI is InChI=1S/C13H14N4O3/c14-16-12(19)7-9-1-3-10(4-2-9)8-17-6-5-11(18)15-13(17)20/h1-6H,7-8,14H2,(H,16,19)(H,15,18,20). The van der Waals surface area contributed by atoms with Gasteiger partial charge < -0.3 is 0 Å². The fourth-order valence-electron chi connectivity index (χ4n) is 1.76. The van der Waals surface area contributed by atoms with Gasteiger partial charge in [-0.15, -0.1) is 0 Å². The highest BCUT2D eigenvalue weighted by Gasteiger charge is 2.02. The minimum Gasteiger partial charge on any atom is -0.296 e. The van der Waals surface area contributed by atoms with E-state index in [1.807, 2.05) is 12.1 Å². The van der Waals surface area contributed by atoms with Gasteiger partial charge in [0.2, 0.25) is 5.91 Å². The van der Waals surface area contributed by atoms with Gasteiger partial charge in [-0.05, 0) is 11.1 Å². The third kappa shape index (κ3) is 3.42. The van der Waals surface area contributed by atoms with Crippen molar-refractivity contribution in [2.24, 2.45) is 5.84 Å². The van der Waals surface area contributed by atoms with E-state index in [9.17, 15) is 14.4 Å². The Hall–Kier alpha value is -2.67. The van der Waals surface area contributed by atoms with E-state index in [0.29, 0.717) is 6.54 Å². The molecule has 20 heavy (non-hydrogen) atoms. The lowest BCUT2D eigenvalue weighted by molar-refractivity contribution is -0.120. The topological polar surface area (TPSA) is 110 Å². The van der Waals surface area contributed by atoms with Crippen molar-refractivity contribution in [3.05, 3.63) is 68.5 Å². The summed E-state index contributed by atoms with van der Waals surface area (Å²) in [6.07, 6.45) is 1.65. The maximum atomic E-state index is 11.5. The van der Waals surface area contributed by atoms with Crippen LogP contribution in [0.5, 0.6) is 0 Å². The van der Waals surface area contributed by atoms with Gasteiger partial charge in [0.25, 0.3) is 5.56 Å². The van der Waals surface area contributed by atoms with Crippen molar-refractivity contribution in [3.63, 3.8) is 0 Å². The minimum atomic E-state index is -0.455. The molecule has 104 valence electrons. The number of H-pyrrole nitrogens is 1. The molecule has 0 aliphatic rings. The summed E-state index contributed by atoms with van der Waals surface area (Å²) in [5, 5.41) is 0. The molecule has 2 rings (SSSR count). The second-order valence-corrected chi connectivity index (χ2v) is 4.30. The van der Waals surface area contributed by atoms with Crippen molar-refractivity contribution < 1.29 is 4.79 Å². The van der Waals surface area contributed by atoms with Gasteiger partial charge in [-0.1, -0.05) is 24.3 Å². The molecule has 0 fully saturated rings. The van der Waals surface area contributed by atoms with Crippen molar-refractivity contribution in [2.45, 2.75) is 13.0 Å². The van der Waals surface area contributed by atoms with Gasteiger partial charge in [-0.25, -0.2) is 10.6 Å². The van der Waals surface area contributed by atoms with E-state index >= 15 is 0 Å². The average molecular weight is 274 g/mol. The summed E-state index contributed by atoms with van der Waals surface area (Å²) in [6, 6.07) is 8.51. The first-order valence-corrected chi connectivity index (χ1v) is 5.95. The van der Waals surface area contributed by atoms with Gasteiger partial charge in [-0.2, -0.15) is 0 Å². The Balaban J connectivity index is 2.12. The molecule has 1 aromatic heterocycles. The number of hydrogen-bond donors (Lipinski definition) is 3. The third-order valence-electron chi connectivity index (χ3n) is 2.80. The Kier molecular flexibility index (Phi) is 4.11. The molecular formula is C13H14N4O3. The molecular weight excluding hydrogens is 260 g/mol. The predicted molar refractivity (Wildman–Crippen MR) is 72.9 cm³/mol. The Morgan fingerprint density at radius 3 is 2.40 bits per heavy atom. The Labute approximate surface area is 114 Å². The first-order chi connectivity index (χ1) is 9.58. The van der Waals surface area contributed by atoms with Crippen LogP contribution in [0, 0.1) is 0 Å². The van der Waals surface area contributed by atoms with Crippen molar-refractivity contribution in [1.29, 1.82) is 0 Å². The van der Waals surface area contributed by atoms with Crippen LogP contribution in [0.15, 0.2) is 46.1 Å². The van der Waals surface area contributed by atoms with Crippen LogP contribution in [0.2, 0.25) is 0 Å². The molecule has 0 saturated carbocycles. The number of rotatable bonds is 4. The van der Waals surface area contributed by atoms with Gasteiger partial charge in [0.05, 0.1) is 13.0 Å². The van der Waals surface area contributed by atoms with Crippen LogP contribution in [0.25, 0.3) is 0 Å². The molecule has 1 amide bonds. The van der Waals surface area contributed by atoms with Crippen LogP contribution in [0.1, 0.15) is 11.1 Å². The van der Waals surface area contributed by atoms with Crippen molar-refractivity contribution >= 4 is 5.91 Å². The normalized spacial score (nSPS) is 10.2. The second-order valence-electron chi connectivity index (χ2n) is 4.30. The summed E-state index contributed by atoms with van der Waals surface area (Å²) in [5.41, 5.74) is 2.90. The molecule has 7 nitrogen and oxygen atoms in total. The van der Waals surface area contributed by atoms with E-state index in [1.165, 1.54) is 16.8 Å². The molecule has 1 aromatic carbocycles. The monoisotopic (exact) mass is 274 g/mol. The van der Waals surface area contributed by atoms with Crippen molar-refractivity contribution in [3.8, 4) is 0 Å². The Morgan fingerprint density at radius 2 is 1.80 bits per heavy atom. The molecule has 0 atom stereocenters. The first-order valence-electron chi connectivity index (χ1n) is 5.95. The molecule has 1 heterocycles. The zero-order valence-corrected chi connectivity index (χ0v) is 10.6. The molecule has 2 aromatic rings. The number of nitrogens with one attached hydrogen (secondary N) is 2. The zero-order valence-electron chi connectivity index (χ0n) is 10.6. The number of aromatic nitrogens is 2. The highest BCUT2D eigenvalue weighted by molar-refractivity contribution is 5.77. The summed E-state index contributed by atoms with van der Waals surface area (Å²) < 4.78 is 1.39. The van der Waals surface area contributed by atoms with Gasteiger partial charge in [0.1, 0.15) is 0 Å². The summed E-state index contributed by atoms with van der Waals surface area (Å²) in [6.45, 7) is 0.346. The number of nitrogens with two attached hydrogens (primary N) is 1. The molecule has 0 spiro atoms. The number of carbonyl (C=O) groups excluding carboxylic acids is 1. The van der Waals surface area contributed by atoms with Gasteiger partial charge in [-0.3, -0.25) is 24.6 Å². The summed E-state index contributed by atoms with van der Waals surface area (Å²) >= 11 is 0. The largest absolute Gasteiger partial charge is 0.328 e. The summed E-state index contributed by atoms with van der Waals surface area (Å²) in [5.74, 6) is 4.75. The molecule has 0 radical (unpaired) electrons. The smallest absolute Gasteiger partial charge is 0.296 e. The van der Waals surface area contributed by atoms with Crippen molar-refractivity contribution in [2.75, 3.05) is 0 Å². The maximum Gasteiger partial charge on any atom is 0.328 e. The maximum absolute atomic E-state index is 11.5. The number of nitrogens with zero attached hydrogens (tertiary/aromatic N) is 1. The molecule has 0 aliphatic heterocycles. The number of hydrogen-bond acceptors (Lipinski definition) is 4. The lowest BCUT2D eigenvalue weighted by Crippen LogP contribution is -2.31. The Morgan fingerprint density at radius 1 is 1.15 bits per heavy atom. The highest BCUT2D eigenvalue weighted by Crippen LogP contribution is 2.06. The van der Waals surface area contributed by atoms with E-state index in [1.54, 1.807) is 12.1 Å².